The van der Waals surface area contributed by atoms with Gasteiger partial charge in [-0.25, -0.2) is 4.79 Å². The Morgan fingerprint density at radius 3 is 2.06 bits per heavy atom. The monoisotopic (exact) mass is 508 g/mol. The summed E-state index contributed by atoms with van der Waals surface area (Å²) in [5.74, 6) is -4.14. The van der Waals surface area contributed by atoms with Gasteiger partial charge in [0.1, 0.15) is 23.9 Å². The molecule has 1 aromatic carbocycles. The second-order valence-corrected chi connectivity index (χ2v) is 8.46. The van der Waals surface area contributed by atoms with Gasteiger partial charge in [-0.1, -0.05) is 18.6 Å². The summed E-state index contributed by atoms with van der Waals surface area (Å²) in [5.41, 5.74) is 16.9. The second kappa shape index (κ2) is 15.3. The van der Waals surface area contributed by atoms with Crippen molar-refractivity contribution in [3.63, 3.8) is 0 Å². The number of phenols is 1. The molecule has 1 aromatic rings. The summed E-state index contributed by atoms with van der Waals surface area (Å²) in [6.45, 7) is 1.89. The number of amides is 4. The molecule has 0 spiro atoms. The summed E-state index contributed by atoms with van der Waals surface area (Å²) in [7, 11) is 0. The third kappa shape index (κ3) is 11.1. The first kappa shape index (κ1) is 30.3. The number of carboxylic acid groups (broad SMARTS) is 1. The summed E-state index contributed by atoms with van der Waals surface area (Å²) in [5, 5.41) is 26.2. The molecule has 0 radical (unpaired) electrons. The third-order valence-electron chi connectivity index (χ3n) is 5.36. The normalized spacial score (nSPS) is 14.1. The molecule has 0 aliphatic carbocycles. The molecule has 0 aliphatic rings. The zero-order chi connectivity index (χ0) is 27.3. The summed E-state index contributed by atoms with van der Waals surface area (Å²) in [6.07, 6.45) is 1.22. The highest BCUT2D eigenvalue weighted by molar-refractivity contribution is 5.94. The average molecular weight is 509 g/mol. The van der Waals surface area contributed by atoms with Gasteiger partial charge in [0.05, 0.1) is 6.04 Å². The van der Waals surface area contributed by atoms with E-state index in [0.29, 0.717) is 31.4 Å². The molecule has 200 valence electrons. The van der Waals surface area contributed by atoms with Gasteiger partial charge in [-0.05, 0) is 50.4 Å². The number of nitrogens with two attached hydrogens (primary N) is 3. The van der Waals surface area contributed by atoms with Gasteiger partial charge in [-0.3, -0.25) is 19.2 Å². The minimum absolute atomic E-state index is 0.000293. The van der Waals surface area contributed by atoms with Crippen LogP contribution in [-0.4, -0.2) is 70.5 Å². The van der Waals surface area contributed by atoms with Gasteiger partial charge in [0.2, 0.25) is 23.6 Å². The number of carbonyl (C=O) groups is 5. The number of carbonyl (C=O) groups excluding carboxylic acids is 4. The van der Waals surface area contributed by atoms with E-state index in [1.54, 1.807) is 0 Å². The number of phenolic OH excluding ortho intramolecular Hbond substituents is 1. The lowest BCUT2D eigenvalue weighted by atomic mass is 10.0. The molecule has 11 N–H and O–H groups in total. The van der Waals surface area contributed by atoms with E-state index < -0.39 is 53.8 Å². The van der Waals surface area contributed by atoms with E-state index in [4.69, 9.17) is 17.2 Å². The molecule has 36 heavy (non-hydrogen) atoms. The fourth-order valence-corrected chi connectivity index (χ4v) is 3.22. The fraction of sp³-hybridized carbons (Fsp3) is 0.522. The Balaban J connectivity index is 2.93. The summed E-state index contributed by atoms with van der Waals surface area (Å²) in [4.78, 5) is 60.6. The van der Waals surface area contributed by atoms with Gasteiger partial charge in [0.25, 0.3) is 0 Å². The highest BCUT2D eigenvalue weighted by Gasteiger charge is 2.29. The summed E-state index contributed by atoms with van der Waals surface area (Å²) in [6, 6.07) is 1.36. The molecule has 4 amide bonds. The number of hydrogen-bond donors (Lipinski definition) is 8. The summed E-state index contributed by atoms with van der Waals surface area (Å²) < 4.78 is 0. The van der Waals surface area contributed by atoms with Gasteiger partial charge in [-0.2, -0.15) is 0 Å². The number of aliphatic carboxylic acids is 1. The van der Waals surface area contributed by atoms with Gasteiger partial charge >= 0.3 is 5.97 Å². The minimum Gasteiger partial charge on any atom is -0.508 e. The van der Waals surface area contributed by atoms with Crippen LogP contribution in [0.3, 0.4) is 0 Å². The molecular weight excluding hydrogens is 472 g/mol. The Morgan fingerprint density at radius 1 is 0.889 bits per heavy atom. The van der Waals surface area contributed by atoms with Crippen molar-refractivity contribution in [2.45, 2.75) is 69.6 Å². The van der Waals surface area contributed by atoms with E-state index in [-0.39, 0.29) is 25.0 Å². The molecule has 4 unspecified atom stereocenters. The standard InChI is InChI=1S/C23H36N6O7/c1-13(27-21(33)16(25)4-2-3-11-24)20(32)29-18(12-14-5-7-15(30)8-6-14)22(34)28-17(23(35)36)9-10-19(26)31/h5-8,13,16-18,30H,2-4,9-12,24-25H2,1H3,(H2,26,31)(H,27,33)(H,28,34)(H,29,32)(H,35,36). The molecular formula is C23H36N6O7. The van der Waals surface area contributed by atoms with E-state index in [1.807, 2.05) is 0 Å². The predicted octanol–water partition coefficient (Wildman–Crippen LogP) is -1.78. The number of carboxylic acids is 1. The zero-order valence-corrected chi connectivity index (χ0v) is 20.2. The van der Waals surface area contributed by atoms with Crippen LogP contribution < -0.4 is 33.2 Å². The maximum atomic E-state index is 12.9. The first-order valence-corrected chi connectivity index (χ1v) is 11.6. The third-order valence-corrected chi connectivity index (χ3v) is 5.36. The molecule has 0 heterocycles. The quantitative estimate of drug-likeness (QED) is 0.117. The number of primary amides is 1. The number of benzene rings is 1. The second-order valence-electron chi connectivity index (χ2n) is 8.46. The van der Waals surface area contributed by atoms with Crippen LogP contribution in [-0.2, 0) is 30.4 Å². The van der Waals surface area contributed by atoms with Crippen molar-refractivity contribution in [2.75, 3.05) is 6.54 Å². The molecule has 0 fully saturated rings. The first-order chi connectivity index (χ1) is 16.9. The lowest BCUT2D eigenvalue weighted by molar-refractivity contribution is -0.142. The van der Waals surface area contributed by atoms with Crippen LogP contribution in [0.5, 0.6) is 5.75 Å². The lowest BCUT2D eigenvalue weighted by Crippen LogP contribution is -2.57. The molecule has 4 atom stereocenters. The molecule has 1 rings (SSSR count). The van der Waals surface area contributed by atoms with Crippen LogP contribution in [0.1, 0.15) is 44.6 Å². The molecule has 0 aromatic heterocycles. The molecule has 0 aliphatic heterocycles. The van der Waals surface area contributed by atoms with Crippen LogP contribution in [0, 0.1) is 0 Å². The van der Waals surface area contributed by atoms with E-state index in [2.05, 4.69) is 16.0 Å². The highest BCUT2D eigenvalue weighted by Crippen LogP contribution is 2.12. The fourth-order valence-electron chi connectivity index (χ4n) is 3.22. The van der Waals surface area contributed by atoms with Gasteiger partial charge < -0.3 is 43.4 Å². The molecule has 0 saturated heterocycles. The molecule has 0 saturated carbocycles. The Labute approximate surface area is 209 Å². The predicted molar refractivity (Wildman–Crippen MR) is 130 cm³/mol. The van der Waals surface area contributed by atoms with Crippen LogP contribution in [0.2, 0.25) is 0 Å². The van der Waals surface area contributed by atoms with Crippen molar-refractivity contribution in [1.29, 1.82) is 0 Å². The number of aromatic hydroxyl groups is 1. The van der Waals surface area contributed by atoms with E-state index >= 15 is 0 Å². The smallest absolute Gasteiger partial charge is 0.326 e. The number of unbranched alkanes of at least 4 members (excludes halogenated alkanes) is 1. The highest BCUT2D eigenvalue weighted by atomic mass is 16.4. The van der Waals surface area contributed by atoms with E-state index in [9.17, 15) is 34.2 Å². The Kier molecular flexibility index (Phi) is 12.9. The topological polar surface area (TPSA) is 240 Å². The summed E-state index contributed by atoms with van der Waals surface area (Å²) >= 11 is 0. The Morgan fingerprint density at radius 2 is 1.50 bits per heavy atom. The molecule has 13 nitrogen and oxygen atoms in total. The Bertz CT molecular complexity index is 909. The van der Waals surface area contributed by atoms with Crippen molar-refractivity contribution >= 4 is 29.6 Å². The molecule has 0 bridgehead atoms. The van der Waals surface area contributed by atoms with Crippen molar-refractivity contribution in [2.24, 2.45) is 17.2 Å². The maximum Gasteiger partial charge on any atom is 0.326 e. The zero-order valence-electron chi connectivity index (χ0n) is 20.2. The maximum absolute atomic E-state index is 12.9. The van der Waals surface area contributed by atoms with Gasteiger partial charge in [0, 0.05) is 12.8 Å². The van der Waals surface area contributed by atoms with Crippen LogP contribution in [0.15, 0.2) is 24.3 Å². The average Bonchev–Trinajstić information content (AvgIpc) is 2.81. The number of hydrogen-bond acceptors (Lipinski definition) is 8. The van der Waals surface area contributed by atoms with Crippen LogP contribution >= 0.6 is 0 Å². The van der Waals surface area contributed by atoms with Gasteiger partial charge in [-0.15, -0.1) is 0 Å². The van der Waals surface area contributed by atoms with Crippen molar-refractivity contribution < 1.29 is 34.2 Å². The molecule has 13 heteroatoms. The van der Waals surface area contributed by atoms with E-state index in [1.165, 1.54) is 31.2 Å². The van der Waals surface area contributed by atoms with E-state index in [0.717, 1.165) is 0 Å². The van der Waals surface area contributed by atoms with Gasteiger partial charge in [0.15, 0.2) is 0 Å². The Hall–Kier alpha value is -3.71. The van der Waals surface area contributed by atoms with Crippen molar-refractivity contribution in [1.82, 2.24) is 16.0 Å². The van der Waals surface area contributed by atoms with Crippen LogP contribution in [0.25, 0.3) is 0 Å². The van der Waals surface area contributed by atoms with Crippen LogP contribution in [0.4, 0.5) is 0 Å². The number of rotatable bonds is 16. The lowest BCUT2D eigenvalue weighted by Gasteiger charge is -2.24. The minimum atomic E-state index is -1.41. The van der Waals surface area contributed by atoms with Crippen molar-refractivity contribution in [3.05, 3.63) is 29.8 Å². The van der Waals surface area contributed by atoms with Crippen molar-refractivity contribution in [3.8, 4) is 5.75 Å². The number of nitrogens with one attached hydrogen (secondary N) is 3. The largest absolute Gasteiger partial charge is 0.508 e. The SMILES string of the molecule is CC(NC(=O)C(N)CCCCN)C(=O)NC(Cc1ccc(O)cc1)C(=O)NC(CCC(N)=O)C(=O)O. The first-order valence-electron chi connectivity index (χ1n) is 11.6.